The second-order valence-corrected chi connectivity index (χ2v) is 8.97. The summed E-state index contributed by atoms with van der Waals surface area (Å²) in [5, 5.41) is 6.59. The second-order valence-electron chi connectivity index (χ2n) is 8.97. The van der Waals surface area contributed by atoms with Crippen LogP contribution in [0.3, 0.4) is 0 Å². The Hall–Kier alpha value is -3.37. The van der Waals surface area contributed by atoms with E-state index in [1.54, 1.807) is 30.7 Å². The molecule has 10 heteroatoms. The fraction of sp³-hybridized carbons (Fsp3) is 0.417. The van der Waals surface area contributed by atoms with Gasteiger partial charge in [0.25, 0.3) is 0 Å². The molecule has 0 radical (unpaired) electrons. The molecule has 2 aliphatic heterocycles. The number of piperazine rings is 1. The zero-order valence-corrected chi connectivity index (χ0v) is 19.5. The predicted octanol–water partition coefficient (Wildman–Crippen LogP) is 2.76. The molecule has 0 saturated carbocycles. The van der Waals surface area contributed by atoms with E-state index in [4.69, 9.17) is 4.98 Å². The van der Waals surface area contributed by atoms with Gasteiger partial charge < -0.3 is 20.4 Å². The number of aromatic nitrogens is 4. The van der Waals surface area contributed by atoms with Crippen molar-refractivity contribution in [3.05, 3.63) is 60.3 Å². The first-order valence-electron chi connectivity index (χ1n) is 11.6. The molecule has 1 aromatic carbocycles. The van der Waals surface area contributed by atoms with E-state index in [2.05, 4.69) is 47.3 Å². The van der Waals surface area contributed by atoms with E-state index in [-0.39, 0.29) is 11.9 Å². The highest BCUT2D eigenvalue weighted by Gasteiger charge is 2.34. The Labute approximate surface area is 199 Å². The van der Waals surface area contributed by atoms with Gasteiger partial charge in [0, 0.05) is 63.8 Å². The third-order valence-corrected chi connectivity index (χ3v) is 6.49. The third kappa shape index (κ3) is 5.23. The molecule has 5 rings (SSSR count). The largest absolute Gasteiger partial charge is 0.353 e. The smallest absolute Gasteiger partial charge is 0.227 e. The van der Waals surface area contributed by atoms with Gasteiger partial charge in [-0.15, -0.1) is 0 Å². The quantitative estimate of drug-likeness (QED) is 0.549. The van der Waals surface area contributed by atoms with Gasteiger partial charge in [-0.05, 0) is 31.7 Å². The van der Waals surface area contributed by atoms with Crippen molar-refractivity contribution >= 4 is 23.4 Å². The maximum atomic E-state index is 13.3. The van der Waals surface area contributed by atoms with Gasteiger partial charge in [0.1, 0.15) is 23.3 Å². The summed E-state index contributed by atoms with van der Waals surface area (Å²) in [6.45, 7) is 8.35. The molecule has 2 saturated heterocycles. The van der Waals surface area contributed by atoms with Crippen molar-refractivity contribution in [1.82, 2.24) is 29.7 Å². The zero-order valence-electron chi connectivity index (χ0n) is 19.5. The maximum Gasteiger partial charge on any atom is 0.227 e. The Morgan fingerprint density at radius 1 is 1.00 bits per heavy atom. The van der Waals surface area contributed by atoms with Gasteiger partial charge in [-0.25, -0.2) is 9.37 Å². The molecule has 3 aromatic rings. The standard InChI is InChI=1S/C24H30FN9/c1-17(18-3-5-19(25)6-4-18)28-24-30-21(29-22-14-26-7-8-27-22)13-23(31-24)34-15-20(16-34)33-11-9-32(2)10-12-33/h3-8,13-14,17,20H,9-12,15-16H2,1-2H3,(H2,27,28,29,30,31)/t17-/m0/s1. The molecule has 0 aliphatic carbocycles. The first kappa shape index (κ1) is 22.4. The Bertz CT molecular complexity index is 1080. The van der Waals surface area contributed by atoms with Crippen molar-refractivity contribution < 1.29 is 4.39 Å². The van der Waals surface area contributed by atoms with Crippen LogP contribution in [0.5, 0.6) is 0 Å². The van der Waals surface area contributed by atoms with Crippen LogP contribution >= 0.6 is 0 Å². The third-order valence-electron chi connectivity index (χ3n) is 6.49. The van der Waals surface area contributed by atoms with Crippen molar-refractivity contribution in [1.29, 1.82) is 0 Å². The molecular formula is C24H30FN9. The summed E-state index contributed by atoms with van der Waals surface area (Å²) in [6.07, 6.45) is 4.92. The van der Waals surface area contributed by atoms with Crippen molar-refractivity contribution in [2.75, 3.05) is 61.8 Å². The molecule has 2 N–H and O–H groups in total. The highest BCUT2D eigenvalue weighted by atomic mass is 19.1. The molecule has 2 aromatic heterocycles. The Kier molecular flexibility index (Phi) is 6.50. The number of halogens is 1. The Morgan fingerprint density at radius 2 is 1.76 bits per heavy atom. The van der Waals surface area contributed by atoms with Crippen LogP contribution in [0.25, 0.3) is 0 Å². The molecule has 4 heterocycles. The predicted molar refractivity (Wildman–Crippen MR) is 131 cm³/mol. The highest BCUT2D eigenvalue weighted by Crippen LogP contribution is 2.28. The molecule has 34 heavy (non-hydrogen) atoms. The van der Waals surface area contributed by atoms with Crippen LogP contribution in [0.15, 0.2) is 48.9 Å². The average Bonchev–Trinajstić information content (AvgIpc) is 2.80. The van der Waals surface area contributed by atoms with Crippen molar-refractivity contribution in [3.63, 3.8) is 0 Å². The van der Waals surface area contributed by atoms with E-state index < -0.39 is 0 Å². The van der Waals surface area contributed by atoms with E-state index in [0.29, 0.717) is 23.6 Å². The number of hydrogen-bond donors (Lipinski definition) is 2. The van der Waals surface area contributed by atoms with Crippen molar-refractivity contribution in [2.24, 2.45) is 0 Å². The van der Waals surface area contributed by atoms with Crippen LogP contribution in [0.2, 0.25) is 0 Å². The van der Waals surface area contributed by atoms with E-state index in [9.17, 15) is 4.39 Å². The number of benzene rings is 1. The van der Waals surface area contributed by atoms with Gasteiger partial charge in [-0.3, -0.25) is 9.88 Å². The van der Waals surface area contributed by atoms with Gasteiger partial charge in [-0.2, -0.15) is 9.97 Å². The van der Waals surface area contributed by atoms with E-state index in [1.165, 1.54) is 12.1 Å². The highest BCUT2D eigenvalue weighted by molar-refractivity contribution is 5.60. The lowest BCUT2D eigenvalue weighted by atomic mass is 10.1. The van der Waals surface area contributed by atoms with E-state index in [0.717, 1.165) is 50.6 Å². The second kappa shape index (κ2) is 9.86. The summed E-state index contributed by atoms with van der Waals surface area (Å²) in [7, 11) is 2.18. The Balaban J connectivity index is 1.33. The lowest BCUT2D eigenvalue weighted by molar-refractivity contribution is 0.0961. The zero-order chi connectivity index (χ0) is 23.5. The molecule has 2 aliphatic rings. The number of rotatable bonds is 7. The van der Waals surface area contributed by atoms with Gasteiger partial charge in [0.05, 0.1) is 12.2 Å². The van der Waals surface area contributed by atoms with Gasteiger partial charge in [0.2, 0.25) is 5.95 Å². The fourth-order valence-electron chi connectivity index (χ4n) is 4.31. The van der Waals surface area contributed by atoms with Crippen LogP contribution in [-0.4, -0.2) is 82.1 Å². The van der Waals surface area contributed by atoms with Crippen LogP contribution in [0.1, 0.15) is 18.5 Å². The molecule has 0 bridgehead atoms. The number of nitrogens with zero attached hydrogens (tertiary/aromatic N) is 7. The molecule has 2 fully saturated rings. The van der Waals surface area contributed by atoms with Gasteiger partial charge >= 0.3 is 0 Å². The molecule has 0 spiro atoms. The summed E-state index contributed by atoms with van der Waals surface area (Å²) < 4.78 is 13.3. The van der Waals surface area contributed by atoms with Crippen molar-refractivity contribution in [3.8, 4) is 0 Å². The lowest BCUT2D eigenvalue weighted by Gasteiger charge is -2.48. The average molecular weight is 464 g/mol. The summed E-state index contributed by atoms with van der Waals surface area (Å²) in [5.74, 6) is 2.37. The monoisotopic (exact) mass is 463 g/mol. The first-order chi connectivity index (χ1) is 16.5. The van der Waals surface area contributed by atoms with Crippen LogP contribution < -0.4 is 15.5 Å². The normalized spacial score (nSPS) is 18.4. The summed E-state index contributed by atoms with van der Waals surface area (Å²) >= 11 is 0. The Morgan fingerprint density at radius 3 is 2.47 bits per heavy atom. The summed E-state index contributed by atoms with van der Waals surface area (Å²) in [4.78, 5) is 25.1. The number of nitrogens with one attached hydrogen (secondary N) is 2. The van der Waals surface area contributed by atoms with Crippen LogP contribution in [0, 0.1) is 5.82 Å². The molecular weight excluding hydrogens is 433 g/mol. The SMILES string of the molecule is C[C@H](Nc1nc(Nc2cnccn2)cc(N2CC(N3CCN(C)CC3)C2)n1)c1ccc(F)cc1. The minimum atomic E-state index is -0.252. The van der Waals surface area contributed by atoms with E-state index in [1.807, 2.05) is 13.0 Å². The molecule has 1 atom stereocenters. The lowest BCUT2D eigenvalue weighted by Crippen LogP contribution is -2.63. The number of anilines is 4. The fourth-order valence-corrected chi connectivity index (χ4v) is 4.31. The molecule has 0 amide bonds. The number of likely N-dealkylation sites (N-methyl/N-ethyl adjacent to an activating group) is 1. The summed E-state index contributed by atoms with van der Waals surface area (Å²) in [6, 6.07) is 8.87. The van der Waals surface area contributed by atoms with Crippen molar-refractivity contribution in [2.45, 2.75) is 19.0 Å². The molecule has 178 valence electrons. The first-order valence-corrected chi connectivity index (χ1v) is 11.6. The molecule has 9 nitrogen and oxygen atoms in total. The van der Waals surface area contributed by atoms with Crippen LogP contribution in [-0.2, 0) is 0 Å². The number of hydrogen-bond acceptors (Lipinski definition) is 9. The minimum absolute atomic E-state index is 0.0882. The van der Waals surface area contributed by atoms with Crippen LogP contribution in [0.4, 0.5) is 27.8 Å². The minimum Gasteiger partial charge on any atom is -0.353 e. The van der Waals surface area contributed by atoms with Gasteiger partial charge in [-0.1, -0.05) is 12.1 Å². The van der Waals surface area contributed by atoms with E-state index >= 15 is 0 Å². The topological polar surface area (TPSA) is 85.3 Å². The summed E-state index contributed by atoms with van der Waals surface area (Å²) in [5.41, 5.74) is 0.956. The molecule has 0 unspecified atom stereocenters. The maximum absolute atomic E-state index is 13.3. The van der Waals surface area contributed by atoms with Gasteiger partial charge in [0.15, 0.2) is 0 Å².